The zero-order valence-electron chi connectivity index (χ0n) is 14.4. The fraction of sp³-hybridized carbons (Fsp3) is 0.556. The minimum atomic E-state index is 0. The van der Waals surface area contributed by atoms with Crippen LogP contribution in [-0.4, -0.2) is 31.1 Å². The quantitative estimate of drug-likeness (QED) is 0.360. The van der Waals surface area contributed by atoms with Crippen LogP contribution in [0.3, 0.4) is 0 Å². The van der Waals surface area contributed by atoms with Gasteiger partial charge in [-0.05, 0) is 18.9 Å². The number of hydrogen-bond donors (Lipinski definition) is 3. The predicted molar refractivity (Wildman–Crippen MR) is 109 cm³/mol. The minimum absolute atomic E-state index is 0. The lowest BCUT2D eigenvalue weighted by Gasteiger charge is -2.26. The molecule has 1 unspecified atom stereocenters. The minimum Gasteiger partial charge on any atom is -0.493 e. The number of guanidine groups is 1. The molecule has 4 N–H and O–H groups in total. The maximum absolute atomic E-state index is 11.9. The van der Waals surface area contributed by atoms with Gasteiger partial charge in [-0.2, -0.15) is 0 Å². The predicted octanol–water partition coefficient (Wildman–Crippen LogP) is 2.48. The van der Waals surface area contributed by atoms with Gasteiger partial charge in [0.2, 0.25) is 5.91 Å². The van der Waals surface area contributed by atoms with E-state index in [1.165, 1.54) is 12.8 Å². The Morgan fingerprint density at radius 1 is 1.20 bits per heavy atom. The van der Waals surface area contributed by atoms with Crippen molar-refractivity contribution in [3.8, 4) is 5.75 Å². The van der Waals surface area contributed by atoms with E-state index in [0.717, 1.165) is 30.6 Å². The number of halogens is 1. The first kappa shape index (κ1) is 19.8. The van der Waals surface area contributed by atoms with E-state index in [9.17, 15) is 4.79 Å². The number of ether oxygens (including phenoxy) is 1. The van der Waals surface area contributed by atoms with Crippen LogP contribution in [0, 0.1) is 0 Å². The molecule has 1 aliphatic carbocycles. The van der Waals surface area contributed by atoms with Crippen molar-refractivity contribution in [1.29, 1.82) is 0 Å². The second kappa shape index (κ2) is 9.84. The van der Waals surface area contributed by atoms with Crippen LogP contribution >= 0.6 is 24.0 Å². The van der Waals surface area contributed by atoms with Gasteiger partial charge >= 0.3 is 0 Å². The fourth-order valence-electron chi connectivity index (χ4n) is 3.36. The second-order valence-electron chi connectivity index (χ2n) is 6.44. The lowest BCUT2D eigenvalue weighted by atomic mass is 10.0. The highest BCUT2D eigenvalue weighted by molar-refractivity contribution is 14.0. The molecule has 1 aromatic carbocycles. The number of hydrogen-bond acceptors (Lipinski definition) is 3. The lowest BCUT2D eigenvalue weighted by molar-refractivity contribution is -0.121. The SMILES string of the molecule is I.NC(=NCCC(=O)NC1CCCC1)NC1CCOc2ccccc21. The molecule has 1 fully saturated rings. The summed E-state index contributed by atoms with van der Waals surface area (Å²) in [5, 5.41) is 6.30. The van der Waals surface area contributed by atoms with E-state index in [0.29, 0.717) is 31.6 Å². The number of carbonyl (C=O) groups is 1. The summed E-state index contributed by atoms with van der Waals surface area (Å²) in [7, 11) is 0. The molecule has 1 amide bonds. The third-order valence-electron chi connectivity index (χ3n) is 4.62. The molecule has 1 aliphatic heterocycles. The number of carbonyl (C=O) groups excluding carboxylic acids is 1. The first-order valence-electron chi connectivity index (χ1n) is 8.80. The lowest BCUT2D eigenvalue weighted by Crippen LogP contribution is -2.38. The van der Waals surface area contributed by atoms with Crippen molar-refractivity contribution in [2.45, 2.75) is 50.6 Å². The molecule has 0 aromatic heterocycles. The summed E-state index contributed by atoms with van der Waals surface area (Å²) < 4.78 is 5.64. The molecule has 1 heterocycles. The number of para-hydroxylation sites is 1. The van der Waals surface area contributed by atoms with Gasteiger partial charge in [-0.3, -0.25) is 9.79 Å². The van der Waals surface area contributed by atoms with E-state index < -0.39 is 0 Å². The van der Waals surface area contributed by atoms with Crippen LogP contribution in [0.4, 0.5) is 0 Å². The van der Waals surface area contributed by atoms with Gasteiger partial charge in [0.05, 0.1) is 19.2 Å². The number of nitrogens with two attached hydrogens (primary N) is 1. The van der Waals surface area contributed by atoms with Crippen LogP contribution < -0.4 is 21.1 Å². The number of amides is 1. The number of fused-ring (bicyclic) bond motifs is 1. The summed E-state index contributed by atoms with van der Waals surface area (Å²) in [6.07, 6.45) is 5.85. The normalized spacial score (nSPS) is 20.2. The maximum atomic E-state index is 11.9. The molecule has 0 saturated heterocycles. The zero-order valence-corrected chi connectivity index (χ0v) is 16.7. The van der Waals surface area contributed by atoms with Gasteiger partial charge in [0, 0.05) is 24.4 Å². The van der Waals surface area contributed by atoms with Gasteiger partial charge in [-0.1, -0.05) is 31.0 Å². The second-order valence-corrected chi connectivity index (χ2v) is 6.44. The van der Waals surface area contributed by atoms with Gasteiger partial charge < -0.3 is 21.1 Å². The first-order chi connectivity index (χ1) is 11.7. The van der Waals surface area contributed by atoms with Crippen molar-refractivity contribution in [1.82, 2.24) is 10.6 Å². The highest BCUT2D eigenvalue weighted by Crippen LogP contribution is 2.31. The molecule has 0 radical (unpaired) electrons. The van der Waals surface area contributed by atoms with Crippen LogP contribution in [0.25, 0.3) is 0 Å². The Morgan fingerprint density at radius 3 is 2.76 bits per heavy atom. The number of benzene rings is 1. The van der Waals surface area contributed by atoms with Crippen molar-refractivity contribution in [2.24, 2.45) is 10.7 Å². The average molecular weight is 458 g/mol. The standard InChI is InChI=1S/C18H26N4O2.HI/c19-18(20-11-9-17(23)21-13-5-1-2-6-13)22-15-10-12-24-16-8-4-3-7-14(15)16;/h3-4,7-8,13,15H,1-2,5-6,9-12H2,(H,21,23)(H3,19,20,22);1H. The molecule has 138 valence electrons. The number of nitrogens with one attached hydrogen (secondary N) is 2. The highest BCUT2D eigenvalue weighted by Gasteiger charge is 2.21. The van der Waals surface area contributed by atoms with Gasteiger partial charge in [0.25, 0.3) is 0 Å². The van der Waals surface area contributed by atoms with Crippen LogP contribution in [-0.2, 0) is 4.79 Å². The molecule has 2 aliphatic rings. The summed E-state index contributed by atoms with van der Waals surface area (Å²) in [5.41, 5.74) is 7.08. The third kappa shape index (κ3) is 5.76. The average Bonchev–Trinajstić information content (AvgIpc) is 3.08. The van der Waals surface area contributed by atoms with Crippen molar-refractivity contribution in [2.75, 3.05) is 13.2 Å². The molecule has 6 nitrogen and oxygen atoms in total. The topological polar surface area (TPSA) is 88.7 Å². The Labute approximate surface area is 166 Å². The monoisotopic (exact) mass is 458 g/mol. The van der Waals surface area contributed by atoms with Gasteiger partial charge in [0.1, 0.15) is 5.75 Å². The van der Waals surface area contributed by atoms with Crippen molar-refractivity contribution < 1.29 is 9.53 Å². The molecule has 7 heteroatoms. The van der Waals surface area contributed by atoms with Gasteiger partial charge in [0.15, 0.2) is 5.96 Å². The molecule has 25 heavy (non-hydrogen) atoms. The molecule has 1 atom stereocenters. The van der Waals surface area contributed by atoms with Crippen LogP contribution in [0.15, 0.2) is 29.3 Å². The highest BCUT2D eigenvalue weighted by atomic mass is 127. The fourth-order valence-corrected chi connectivity index (χ4v) is 3.36. The molecular weight excluding hydrogens is 431 g/mol. The zero-order chi connectivity index (χ0) is 16.8. The summed E-state index contributed by atoms with van der Waals surface area (Å²) in [6.45, 7) is 1.06. The number of rotatable bonds is 5. The van der Waals surface area contributed by atoms with E-state index in [1.54, 1.807) is 0 Å². The van der Waals surface area contributed by atoms with E-state index in [4.69, 9.17) is 10.5 Å². The van der Waals surface area contributed by atoms with E-state index in [2.05, 4.69) is 15.6 Å². The first-order valence-corrected chi connectivity index (χ1v) is 8.80. The van der Waals surface area contributed by atoms with Crippen molar-refractivity contribution in [3.05, 3.63) is 29.8 Å². The van der Waals surface area contributed by atoms with Crippen molar-refractivity contribution in [3.63, 3.8) is 0 Å². The number of nitrogens with zero attached hydrogens (tertiary/aromatic N) is 1. The Bertz CT molecular complexity index is 602. The molecule has 1 saturated carbocycles. The smallest absolute Gasteiger partial charge is 0.222 e. The van der Waals surface area contributed by atoms with Crippen LogP contribution in [0.1, 0.15) is 50.1 Å². The Balaban J connectivity index is 0.00000225. The molecule has 3 rings (SSSR count). The molecule has 0 bridgehead atoms. The third-order valence-corrected chi connectivity index (χ3v) is 4.62. The number of aliphatic imine (C=N–C) groups is 1. The summed E-state index contributed by atoms with van der Waals surface area (Å²) in [6, 6.07) is 8.41. The molecule has 0 spiro atoms. The Morgan fingerprint density at radius 2 is 1.96 bits per heavy atom. The summed E-state index contributed by atoms with van der Waals surface area (Å²) in [4.78, 5) is 16.2. The van der Waals surface area contributed by atoms with Crippen LogP contribution in [0.2, 0.25) is 0 Å². The van der Waals surface area contributed by atoms with Gasteiger partial charge in [-0.15, -0.1) is 24.0 Å². The summed E-state index contributed by atoms with van der Waals surface area (Å²) >= 11 is 0. The Hall–Kier alpha value is -1.51. The molecular formula is C18H27IN4O2. The largest absolute Gasteiger partial charge is 0.493 e. The van der Waals surface area contributed by atoms with Crippen LogP contribution in [0.5, 0.6) is 5.75 Å². The van der Waals surface area contributed by atoms with E-state index in [-0.39, 0.29) is 35.9 Å². The van der Waals surface area contributed by atoms with E-state index in [1.807, 2.05) is 24.3 Å². The van der Waals surface area contributed by atoms with E-state index >= 15 is 0 Å². The van der Waals surface area contributed by atoms with Crippen molar-refractivity contribution >= 4 is 35.8 Å². The molecule has 1 aromatic rings. The Kier molecular flexibility index (Phi) is 7.80. The van der Waals surface area contributed by atoms with Gasteiger partial charge in [-0.25, -0.2) is 0 Å². The maximum Gasteiger partial charge on any atom is 0.222 e. The summed E-state index contributed by atoms with van der Waals surface area (Å²) in [5.74, 6) is 1.34.